The molecule has 3 aromatic rings. The van der Waals surface area contributed by atoms with Crippen LogP contribution in [0.4, 0.5) is 11.4 Å². The van der Waals surface area contributed by atoms with Crippen LogP contribution in [0.15, 0.2) is 84.5 Å². The predicted molar refractivity (Wildman–Crippen MR) is 150 cm³/mol. The lowest BCUT2D eigenvalue weighted by Crippen LogP contribution is -2.32. The fourth-order valence-electron chi connectivity index (χ4n) is 3.08. The van der Waals surface area contributed by atoms with Crippen LogP contribution in [0, 0.1) is 0 Å². The van der Waals surface area contributed by atoms with Gasteiger partial charge in [-0.1, -0.05) is 36.4 Å². The normalized spacial score (nSPS) is 10.4. The fraction of sp³-hybridized carbons (Fsp3) is 0.143. The molecule has 0 bridgehead atoms. The third-order valence-corrected chi connectivity index (χ3v) is 5.17. The van der Waals surface area contributed by atoms with Crippen LogP contribution in [0.1, 0.15) is 12.5 Å². The lowest BCUT2D eigenvalue weighted by atomic mass is 10.2. The molecule has 0 aliphatic carbocycles. The second-order valence-electron chi connectivity index (χ2n) is 7.73. The van der Waals surface area contributed by atoms with Crippen LogP contribution < -0.4 is 30.3 Å². The zero-order valence-electron chi connectivity index (χ0n) is 21.1. The number of hydrogen-bond acceptors (Lipinski definition) is 7. The summed E-state index contributed by atoms with van der Waals surface area (Å²) < 4.78 is 16.6. The maximum atomic E-state index is 12.3. The molecule has 0 spiro atoms. The Morgan fingerprint density at radius 1 is 0.923 bits per heavy atom. The minimum absolute atomic E-state index is 0.269. The van der Waals surface area contributed by atoms with Crippen molar-refractivity contribution in [1.29, 1.82) is 0 Å². The number of carbonyl (C=O) groups is 3. The number of benzene rings is 3. The summed E-state index contributed by atoms with van der Waals surface area (Å²) in [6, 6.07) is 18.3. The minimum atomic E-state index is -0.951. The van der Waals surface area contributed by atoms with Gasteiger partial charge in [-0.3, -0.25) is 14.4 Å². The van der Waals surface area contributed by atoms with Crippen LogP contribution in [0.5, 0.6) is 17.2 Å². The van der Waals surface area contributed by atoms with Gasteiger partial charge in [-0.15, -0.1) is 0 Å². The molecular weight excluding hydrogens is 524 g/mol. The van der Waals surface area contributed by atoms with E-state index >= 15 is 0 Å². The monoisotopic (exact) mass is 550 g/mol. The van der Waals surface area contributed by atoms with Crippen molar-refractivity contribution in [2.45, 2.75) is 6.92 Å². The number of halogens is 1. The summed E-state index contributed by atoms with van der Waals surface area (Å²) in [4.78, 5) is 36.5. The molecule has 0 heterocycles. The second-order valence-corrected chi connectivity index (χ2v) is 8.14. The topological polar surface area (TPSA) is 127 Å². The highest BCUT2D eigenvalue weighted by atomic mass is 35.5. The Bertz CT molecular complexity index is 1340. The molecule has 0 fully saturated rings. The highest BCUT2D eigenvalue weighted by Crippen LogP contribution is 2.28. The fourth-order valence-corrected chi connectivity index (χ4v) is 3.26. The maximum Gasteiger partial charge on any atom is 0.329 e. The van der Waals surface area contributed by atoms with Crippen LogP contribution in [0.3, 0.4) is 0 Å². The van der Waals surface area contributed by atoms with Crippen molar-refractivity contribution >= 4 is 46.9 Å². The van der Waals surface area contributed by atoms with Gasteiger partial charge in [-0.05, 0) is 67.1 Å². The van der Waals surface area contributed by atoms with Crippen molar-refractivity contribution in [3.8, 4) is 17.2 Å². The molecule has 0 aliphatic heterocycles. The molecule has 3 amide bonds. The van der Waals surface area contributed by atoms with Crippen molar-refractivity contribution in [1.82, 2.24) is 5.43 Å². The van der Waals surface area contributed by atoms with Gasteiger partial charge in [0.15, 0.2) is 18.1 Å². The summed E-state index contributed by atoms with van der Waals surface area (Å²) in [6.45, 7) is 5.81. The van der Waals surface area contributed by atoms with Crippen molar-refractivity contribution in [2.75, 3.05) is 30.5 Å². The van der Waals surface area contributed by atoms with E-state index in [1.54, 1.807) is 79.7 Å². The molecule has 0 saturated heterocycles. The summed E-state index contributed by atoms with van der Waals surface area (Å²) in [7, 11) is 0. The molecule has 0 radical (unpaired) electrons. The van der Waals surface area contributed by atoms with E-state index in [2.05, 4.69) is 27.7 Å². The van der Waals surface area contributed by atoms with Crippen LogP contribution in [-0.4, -0.2) is 43.8 Å². The van der Waals surface area contributed by atoms with E-state index in [0.717, 1.165) is 0 Å². The first-order valence-electron chi connectivity index (χ1n) is 11.8. The highest BCUT2D eigenvalue weighted by molar-refractivity contribution is 6.39. The molecule has 10 nitrogen and oxygen atoms in total. The van der Waals surface area contributed by atoms with Crippen molar-refractivity contribution < 1.29 is 28.6 Å². The van der Waals surface area contributed by atoms with Crippen molar-refractivity contribution in [2.24, 2.45) is 5.10 Å². The first kappa shape index (κ1) is 28.7. The number of amides is 3. The number of anilines is 2. The van der Waals surface area contributed by atoms with E-state index in [1.807, 2.05) is 0 Å². The quantitative estimate of drug-likeness (QED) is 0.133. The maximum absolute atomic E-state index is 12.3. The number of nitrogens with zero attached hydrogens (tertiary/aromatic N) is 1. The summed E-state index contributed by atoms with van der Waals surface area (Å²) in [5.41, 5.74) is 3.63. The molecule has 3 aromatic carbocycles. The standard InChI is InChI=1S/C28H27ClN4O6/c1-3-15-38-21-12-10-20(11-13-21)31-27(35)28(36)33-30-17-19-9-14-24(25(16-19)37-4-2)39-18-26(34)32-23-8-6-5-7-22(23)29/h3,5-14,16-17H,1,4,15,18H2,2H3,(H,31,35)(H,32,34)(H,33,36)/b30-17-. The number of hydrazone groups is 1. The number of carbonyl (C=O) groups excluding carboxylic acids is 3. The van der Waals surface area contributed by atoms with Gasteiger partial charge in [0, 0.05) is 5.69 Å². The van der Waals surface area contributed by atoms with Gasteiger partial charge >= 0.3 is 11.8 Å². The zero-order valence-corrected chi connectivity index (χ0v) is 21.9. The molecule has 3 rings (SSSR count). The van der Waals surface area contributed by atoms with E-state index in [-0.39, 0.29) is 6.61 Å². The van der Waals surface area contributed by atoms with Gasteiger partial charge in [-0.25, -0.2) is 5.43 Å². The number of hydrogen-bond donors (Lipinski definition) is 3. The number of para-hydroxylation sites is 1. The van der Waals surface area contributed by atoms with Crippen LogP contribution >= 0.6 is 11.6 Å². The average molecular weight is 551 g/mol. The van der Waals surface area contributed by atoms with Crippen LogP contribution in [-0.2, 0) is 14.4 Å². The molecule has 0 aliphatic rings. The summed E-state index contributed by atoms with van der Waals surface area (Å²) in [5, 5.41) is 9.39. The van der Waals surface area contributed by atoms with Gasteiger partial charge in [0.05, 0.1) is 23.5 Å². The molecule has 11 heteroatoms. The zero-order chi connectivity index (χ0) is 28.0. The van der Waals surface area contributed by atoms with Gasteiger partial charge in [0.25, 0.3) is 5.91 Å². The largest absolute Gasteiger partial charge is 0.490 e. The smallest absolute Gasteiger partial charge is 0.329 e. The van der Waals surface area contributed by atoms with E-state index in [4.69, 9.17) is 25.8 Å². The Balaban J connectivity index is 1.53. The van der Waals surface area contributed by atoms with Gasteiger partial charge in [0.2, 0.25) is 0 Å². The van der Waals surface area contributed by atoms with E-state index < -0.39 is 17.7 Å². The Labute approximate surface area is 230 Å². The molecular formula is C28H27ClN4O6. The average Bonchev–Trinajstić information content (AvgIpc) is 2.93. The van der Waals surface area contributed by atoms with Gasteiger partial charge in [-0.2, -0.15) is 5.10 Å². The lowest BCUT2D eigenvalue weighted by molar-refractivity contribution is -0.136. The predicted octanol–water partition coefficient (Wildman–Crippen LogP) is 4.41. The van der Waals surface area contributed by atoms with Gasteiger partial charge < -0.3 is 24.8 Å². The third-order valence-electron chi connectivity index (χ3n) is 4.84. The third kappa shape index (κ3) is 9.20. The Morgan fingerprint density at radius 3 is 2.41 bits per heavy atom. The summed E-state index contributed by atoms with van der Waals surface area (Å²) >= 11 is 6.06. The Morgan fingerprint density at radius 2 is 1.69 bits per heavy atom. The van der Waals surface area contributed by atoms with E-state index in [9.17, 15) is 14.4 Å². The summed E-state index contributed by atoms with van der Waals surface area (Å²) in [6.07, 6.45) is 2.96. The molecule has 0 saturated carbocycles. The molecule has 0 atom stereocenters. The van der Waals surface area contributed by atoms with Gasteiger partial charge in [0.1, 0.15) is 12.4 Å². The first-order chi connectivity index (χ1) is 18.9. The Kier molecular flexibility index (Phi) is 10.9. The number of nitrogens with one attached hydrogen (secondary N) is 3. The molecule has 39 heavy (non-hydrogen) atoms. The van der Waals surface area contributed by atoms with Crippen molar-refractivity contribution in [3.05, 3.63) is 90.0 Å². The minimum Gasteiger partial charge on any atom is -0.490 e. The molecule has 0 unspecified atom stereocenters. The second kappa shape index (κ2) is 14.8. The lowest BCUT2D eigenvalue weighted by Gasteiger charge is -2.13. The summed E-state index contributed by atoms with van der Waals surface area (Å²) in [5.74, 6) is -0.919. The molecule has 202 valence electrons. The Hall–Kier alpha value is -4.83. The van der Waals surface area contributed by atoms with Crippen LogP contribution in [0.25, 0.3) is 0 Å². The number of ether oxygens (including phenoxy) is 3. The van der Waals surface area contributed by atoms with E-state index in [1.165, 1.54) is 6.21 Å². The first-order valence-corrected chi connectivity index (χ1v) is 12.2. The van der Waals surface area contributed by atoms with E-state index in [0.29, 0.717) is 52.4 Å². The molecule has 3 N–H and O–H groups in total. The molecule has 0 aromatic heterocycles. The highest BCUT2D eigenvalue weighted by Gasteiger charge is 2.13. The SMILES string of the molecule is C=CCOc1ccc(NC(=O)C(=O)N/N=C\c2ccc(OCC(=O)Nc3ccccc3Cl)c(OCC)c2)cc1. The van der Waals surface area contributed by atoms with Crippen LogP contribution in [0.2, 0.25) is 5.02 Å². The number of rotatable bonds is 12. The van der Waals surface area contributed by atoms with Crippen molar-refractivity contribution in [3.63, 3.8) is 0 Å².